The molecule has 0 saturated carbocycles. The highest BCUT2D eigenvalue weighted by Crippen LogP contribution is 2.31. The Morgan fingerprint density at radius 2 is 1.53 bits per heavy atom. The van der Waals surface area contributed by atoms with Crippen LogP contribution in [0.5, 0.6) is 0 Å². The Labute approximate surface area is 282 Å². The fourth-order valence-corrected chi connectivity index (χ4v) is 6.31. The highest BCUT2D eigenvalue weighted by atomic mass is 32.2. The molecule has 1 aliphatic carbocycles. The van der Waals surface area contributed by atoms with E-state index in [1.165, 1.54) is 40.9 Å². The van der Waals surface area contributed by atoms with E-state index in [9.17, 15) is 27.2 Å². The van der Waals surface area contributed by atoms with Gasteiger partial charge in [0, 0.05) is 39.3 Å². The molecule has 1 aromatic heterocycles. The van der Waals surface area contributed by atoms with Gasteiger partial charge in [0.1, 0.15) is 12.4 Å². The highest BCUT2D eigenvalue weighted by molar-refractivity contribution is 7.98. The molecule has 248 valence electrons. The van der Waals surface area contributed by atoms with Crippen LogP contribution in [-0.2, 0) is 42.7 Å². The summed E-state index contributed by atoms with van der Waals surface area (Å²) in [4.78, 5) is 33.8. The van der Waals surface area contributed by atoms with Crippen molar-refractivity contribution in [3.8, 4) is 11.1 Å². The molecule has 4 aromatic rings. The first kappa shape index (κ1) is 29.2. The average Bonchev–Trinajstić information content (AvgIpc) is 3.60. The third-order valence-electron chi connectivity index (χ3n) is 8.02. The average molecular weight is 671 g/mol. The number of benzene rings is 3. The Morgan fingerprint density at radius 3 is 2.15 bits per heavy atom. The first-order valence-corrected chi connectivity index (χ1v) is 16.4. The molecule has 6 nitrogen and oxygen atoms in total. The normalized spacial score (nSPS) is 14.7. The molecule has 5 rings (SSSR count). The van der Waals surface area contributed by atoms with Crippen LogP contribution in [0, 0.1) is 5.82 Å². The molecule has 0 radical (unpaired) electrons. The van der Waals surface area contributed by atoms with Crippen molar-refractivity contribution in [2.45, 2.75) is 63.3 Å². The topological polar surface area (TPSA) is 58.4 Å². The highest BCUT2D eigenvalue weighted by Gasteiger charge is 2.30. The number of alkyl halides is 3. The maximum atomic E-state index is 14.4. The molecule has 0 saturated heterocycles. The third-order valence-corrected chi connectivity index (χ3v) is 9.07. The zero-order valence-corrected chi connectivity index (χ0v) is 26.9. The lowest BCUT2D eigenvalue weighted by Gasteiger charge is -2.28. The van der Waals surface area contributed by atoms with E-state index in [2.05, 4.69) is 4.98 Å². The van der Waals surface area contributed by atoms with E-state index >= 15 is 0 Å². The van der Waals surface area contributed by atoms with Gasteiger partial charge in [-0.15, -0.1) is 0 Å². The largest absolute Gasteiger partial charge is 0.416 e. The second-order valence-electron chi connectivity index (χ2n) is 11.1. The monoisotopic (exact) mass is 670 g/mol. The standard InChI is InChI=1S/C36H38F4N4O2S/c1-3-42(4-2)20-21-43(22-25-8-12-27(13-9-25)28-14-16-29(17-15-28)36(38,39)40)33(45)23-44-32-7-5-6-31(32)34(46)41-35(44)47-24-26-10-18-30(37)19-11-26/h8-19H,3-7,20-24H2,1-2H3/i20D2,21D2. The van der Waals surface area contributed by atoms with Gasteiger partial charge in [-0.3, -0.25) is 9.59 Å². The number of amides is 1. The van der Waals surface area contributed by atoms with Gasteiger partial charge in [-0.1, -0.05) is 74.1 Å². The summed E-state index contributed by atoms with van der Waals surface area (Å²) in [5.74, 6) is -0.818. The molecule has 3 aromatic carbocycles. The Morgan fingerprint density at radius 1 is 0.915 bits per heavy atom. The molecule has 0 atom stereocenters. The van der Waals surface area contributed by atoms with Crippen molar-refractivity contribution in [3.05, 3.63) is 117 Å². The maximum Gasteiger partial charge on any atom is 0.416 e. The minimum Gasteiger partial charge on any atom is -0.336 e. The van der Waals surface area contributed by atoms with Crippen molar-refractivity contribution in [1.29, 1.82) is 0 Å². The van der Waals surface area contributed by atoms with Gasteiger partial charge >= 0.3 is 6.18 Å². The van der Waals surface area contributed by atoms with Crippen molar-refractivity contribution in [2.75, 3.05) is 26.1 Å². The van der Waals surface area contributed by atoms with Crippen molar-refractivity contribution >= 4 is 17.7 Å². The predicted octanol–water partition coefficient (Wildman–Crippen LogP) is 7.22. The molecule has 47 heavy (non-hydrogen) atoms. The predicted molar refractivity (Wildman–Crippen MR) is 177 cm³/mol. The van der Waals surface area contributed by atoms with Crippen LogP contribution >= 0.6 is 11.8 Å². The fourth-order valence-electron chi connectivity index (χ4n) is 5.35. The molecule has 0 N–H and O–H groups in total. The lowest BCUT2D eigenvalue weighted by molar-refractivity contribution is -0.137. The summed E-state index contributed by atoms with van der Waals surface area (Å²) in [7, 11) is 0. The minimum absolute atomic E-state index is 0.175. The second-order valence-corrected chi connectivity index (χ2v) is 12.1. The number of nitrogens with zero attached hydrogens (tertiary/aromatic N) is 4. The molecule has 0 spiro atoms. The SMILES string of the molecule is [2H]C([2H])(N(CC)CC)C([2H])([2H])N(Cc1ccc(-c2ccc(C(F)(F)F)cc2)cc1)C(=O)Cn1c(SCc2ccc(F)cc2)nc(=O)c2c1CCC2. The molecular formula is C36H38F4N4O2S. The zero-order chi connectivity index (χ0) is 37.1. The van der Waals surface area contributed by atoms with E-state index in [-0.39, 0.29) is 24.8 Å². The van der Waals surface area contributed by atoms with Crippen molar-refractivity contribution in [1.82, 2.24) is 19.4 Å². The molecular weight excluding hydrogens is 628 g/mol. The number of carbonyl (C=O) groups excluding carboxylic acids is 1. The van der Waals surface area contributed by atoms with E-state index in [0.717, 1.165) is 22.6 Å². The van der Waals surface area contributed by atoms with Gasteiger partial charge in [0.15, 0.2) is 5.16 Å². The lowest BCUT2D eigenvalue weighted by Crippen LogP contribution is -2.40. The summed E-state index contributed by atoms with van der Waals surface area (Å²) in [6, 6.07) is 17.1. The van der Waals surface area contributed by atoms with Gasteiger partial charge in [-0.25, -0.2) is 4.39 Å². The zero-order valence-electron chi connectivity index (χ0n) is 30.1. The van der Waals surface area contributed by atoms with Gasteiger partial charge < -0.3 is 14.4 Å². The fraction of sp³-hybridized carbons (Fsp3) is 0.361. The number of thioether (sulfide) groups is 1. The molecule has 1 aliphatic rings. The smallest absolute Gasteiger partial charge is 0.336 e. The molecule has 0 aliphatic heterocycles. The summed E-state index contributed by atoms with van der Waals surface area (Å²) in [5.41, 5.74) is 2.30. The van der Waals surface area contributed by atoms with Gasteiger partial charge in [-0.2, -0.15) is 18.2 Å². The van der Waals surface area contributed by atoms with Crippen molar-refractivity contribution < 1.29 is 27.8 Å². The Balaban J connectivity index is 1.49. The summed E-state index contributed by atoms with van der Waals surface area (Å²) in [5, 5.41) is 0.242. The quantitative estimate of drug-likeness (QED) is 0.0855. The number of halogens is 4. The van der Waals surface area contributed by atoms with Crippen molar-refractivity contribution in [3.63, 3.8) is 0 Å². The second kappa shape index (κ2) is 15.3. The molecule has 1 amide bonds. The first-order valence-electron chi connectivity index (χ1n) is 17.4. The summed E-state index contributed by atoms with van der Waals surface area (Å²) in [6.45, 7) is -2.46. The summed E-state index contributed by atoms with van der Waals surface area (Å²) >= 11 is 1.19. The summed E-state index contributed by atoms with van der Waals surface area (Å²) in [6.07, 6.45) is -2.81. The van der Waals surface area contributed by atoms with Gasteiger partial charge in [0.2, 0.25) is 5.91 Å². The van der Waals surface area contributed by atoms with Gasteiger partial charge in [0.25, 0.3) is 5.56 Å². The number of fused-ring (bicyclic) bond motifs is 1. The molecule has 0 bridgehead atoms. The van der Waals surface area contributed by atoms with Crippen LogP contribution in [0.15, 0.2) is 82.7 Å². The van der Waals surface area contributed by atoms with Crippen LogP contribution in [0.1, 0.15) is 53.7 Å². The van der Waals surface area contributed by atoms with Crippen LogP contribution in [0.2, 0.25) is 0 Å². The Kier molecular flexibility index (Phi) is 9.50. The lowest BCUT2D eigenvalue weighted by atomic mass is 10.0. The first-order chi connectivity index (χ1) is 24.1. The maximum absolute atomic E-state index is 14.4. The van der Waals surface area contributed by atoms with Gasteiger partial charge in [0.05, 0.1) is 8.30 Å². The van der Waals surface area contributed by atoms with Gasteiger partial charge in [-0.05, 0) is 78.9 Å². The van der Waals surface area contributed by atoms with E-state index in [4.69, 9.17) is 5.48 Å². The van der Waals surface area contributed by atoms with Crippen LogP contribution in [0.25, 0.3) is 11.1 Å². The van der Waals surface area contributed by atoms with E-state index in [1.54, 1.807) is 54.8 Å². The number of rotatable bonds is 13. The molecule has 11 heteroatoms. The number of hydrogen-bond donors (Lipinski definition) is 0. The van der Waals surface area contributed by atoms with E-state index < -0.39 is 48.6 Å². The van der Waals surface area contributed by atoms with E-state index in [0.29, 0.717) is 53.0 Å². The molecule has 0 fully saturated rings. The van der Waals surface area contributed by atoms with Crippen molar-refractivity contribution in [2.24, 2.45) is 0 Å². The Hall–Kier alpha value is -3.96. The molecule has 0 unspecified atom stereocenters. The van der Waals surface area contributed by atoms with E-state index in [1.807, 2.05) is 0 Å². The number of likely N-dealkylation sites (N-methyl/N-ethyl adjacent to an activating group) is 1. The summed E-state index contributed by atoms with van der Waals surface area (Å²) < 4.78 is 90.4. The molecule has 1 heterocycles. The minimum atomic E-state index is -4.47. The number of hydrogen-bond acceptors (Lipinski definition) is 5. The van der Waals surface area contributed by atoms with Crippen LogP contribution in [0.4, 0.5) is 17.6 Å². The number of aromatic nitrogens is 2. The Bertz CT molecular complexity index is 1900. The third kappa shape index (κ3) is 8.70. The van der Waals surface area contributed by atoms with Crippen LogP contribution in [0.3, 0.4) is 0 Å². The van der Waals surface area contributed by atoms with Crippen LogP contribution < -0.4 is 5.56 Å². The number of carbonyl (C=O) groups is 1. The van der Waals surface area contributed by atoms with Crippen LogP contribution in [-0.4, -0.2) is 51.3 Å².